The monoisotopic (exact) mass is 171 g/mol. The standard InChI is InChI=1S/Co.H3N.H3O4P/c;;1-5(2,3)4/h;1H3;(H3,1,2,3,4)/q+3;;/p-3. The molecule has 7 heavy (non-hydrogen) atoms. The Labute approximate surface area is 50.8 Å². The molecule has 7 heteroatoms. The largest absolute Gasteiger partial charge is 3.00 e. The second-order valence-electron chi connectivity index (χ2n) is 0.447. The molecule has 0 aliphatic heterocycles. The topological polar surface area (TPSA) is 121 Å². The molecule has 5 nitrogen and oxygen atoms in total. The van der Waals surface area contributed by atoms with Crippen molar-refractivity contribution in [2.45, 2.75) is 0 Å². The summed E-state index contributed by atoms with van der Waals surface area (Å²) in [5.74, 6) is 0. The van der Waals surface area contributed by atoms with Crippen molar-refractivity contribution in [3.8, 4) is 0 Å². The summed E-state index contributed by atoms with van der Waals surface area (Å²) in [6.45, 7) is 0. The Morgan fingerprint density at radius 1 is 1.14 bits per heavy atom. The van der Waals surface area contributed by atoms with Gasteiger partial charge in [0.25, 0.3) is 0 Å². The van der Waals surface area contributed by atoms with Gasteiger partial charge in [-0.1, -0.05) is 0 Å². The van der Waals surface area contributed by atoms with E-state index in [2.05, 4.69) is 0 Å². The minimum atomic E-state index is -5.39. The van der Waals surface area contributed by atoms with Crippen LogP contribution in [0, 0.1) is 0 Å². The molecule has 0 aromatic rings. The molecule has 0 rings (SSSR count). The molecule has 0 aliphatic carbocycles. The summed E-state index contributed by atoms with van der Waals surface area (Å²) in [7, 11) is -5.39. The summed E-state index contributed by atoms with van der Waals surface area (Å²) < 4.78 is 8.55. The average molecular weight is 171 g/mol. The van der Waals surface area contributed by atoms with Gasteiger partial charge in [0.05, 0.1) is 0 Å². The zero-order valence-electron chi connectivity index (χ0n) is 3.12. The zero-order valence-corrected chi connectivity index (χ0v) is 5.06. The molecule has 0 aliphatic rings. The van der Waals surface area contributed by atoms with Crippen LogP contribution < -0.4 is 20.8 Å². The van der Waals surface area contributed by atoms with Gasteiger partial charge in [0.15, 0.2) is 0 Å². The minimum Gasteiger partial charge on any atom is -0.822 e. The Bertz CT molecular complexity index is 57.8. The molecule has 0 saturated carbocycles. The molecule has 0 spiro atoms. The van der Waals surface area contributed by atoms with Crippen molar-refractivity contribution >= 4 is 7.82 Å². The van der Waals surface area contributed by atoms with Crippen LogP contribution in [0.15, 0.2) is 0 Å². The number of phosphoric acid groups is 1. The first-order valence-corrected chi connectivity index (χ1v) is 2.19. The molecule has 0 aromatic heterocycles. The molecule has 46 valence electrons. The molecule has 0 heterocycles. The van der Waals surface area contributed by atoms with E-state index in [9.17, 15) is 0 Å². The molecule has 0 radical (unpaired) electrons. The smallest absolute Gasteiger partial charge is 0.822 e. The van der Waals surface area contributed by atoms with Crippen LogP contribution in [0.2, 0.25) is 0 Å². The quantitative estimate of drug-likeness (QED) is 0.398. The number of hydrogen-bond donors (Lipinski definition) is 1. The van der Waals surface area contributed by atoms with Gasteiger partial charge in [0.1, 0.15) is 0 Å². The number of rotatable bonds is 0. The van der Waals surface area contributed by atoms with Crippen molar-refractivity contribution in [3.05, 3.63) is 0 Å². The van der Waals surface area contributed by atoms with Crippen LogP contribution in [-0.4, -0.2) is 0 Å². The Morgan fingerprint density at radius 2 is 1.14 bits per heavy atom. The predicted octanol–water partition coefficient (Wildman–Crippen LogP) is -2.67. The molecule has 0 saturated heterocycles. The van der Waals surface area contributed by atoms with E-state index >= 15 is 0 Å². The fraction of sp³-hybridized carbons (Fsp3) is 0. The van der Waals surface area contributed by atoms with Crippen molar-refractivity contribution in [1.29, 1.82) is 0 Å². The Kier molecular flexibility index (Phi) is 10.6. The SMILES string of the molecule is N.O=P([O-])([O-])[O-].[Co+3]. The van der Waals surface area contributed by atoms with Crippen molar-refractivity contribution in [2.75, 3.05) is 0 Å². The molecule has 3 N–H and O–H groups in total. The molecular formula is H3CoNO4P. The fourth-order valence-corrected chi connectivity index (χ4v) is 0. The molecule has 0 unspecified atom stereocenters. The van der Waals surface area contributed by atoms with Crippen molar-refractivity contribution in [3.63, 3.8) is 0 Å². The third-order valence-corrected chi connectivity index (χ3v) is 0. The summed E-state index contributed by atoms with van der Waals surface area (Å²) >= 11 is 0. The summed E-state index contributed by atoms with van der Waals surface area (Å²) in [4.78, 5) is 25.6. The molecule has 0 atom stereocenters. The van der Waals surface area contributed by atoms with Crippen LogP contribution in [0.5, 0.6) is 0 Å². The fourth-order valence-electron chi connectivity index (χ4n) is 0. The van der Waals surface area contributed by atoms with Gasteiger partial charge < -0.3 is 25.4 Å². The van der Waals surface area contributed by atoms with Gasteiger partial charge in [-0.3, -0.25) is 0 Å². The maximum atomic E-state index is 8.55. The van der Waals surface area contributed by atoms with Gasteiger partial charge in [-0.05, 0) is 0 Å². The molecule has 0 fully saturated rings. The molecular weight excluding hydrogens is 168 g/mol. The van der Waals surface area contributed by atoms with Crippen LogP contribution in [0.1, 0.15) is 0 Å². The van der Waals surface area contributed by atoms with E-state index in [0.717, 1.165) is 0 Å². The van der Waals surface area contributed by atoms with Crippen LogP contribution in [0.3, 0.4) is 0 Å². The van der Waals surface area contributed by atoms with Crippen LogP contribution in [0.4, 0.5) is 0 Å². The van der Waals surface area contributed by atoms with Crippen molar-refractivity contribution in [1.82, 2.24) is 6.15 Å². The van der Waals surface area contributed by atoms with E-state index in [1.807, 2.05) is 0 Å². The van der Waals surface area contributed by atoms with Gasteiger partial charge in [-0.15, -0.1) is 0 Å². The summed E-state index contributed by atoms with van der Waals surface area (Å²) in [6.07, 6.45) is 0. The molecule has 0 amide bonds. The first-order chi connectivity index (χ1) is 2.00. The predicted molar refractivity (Wildman–Crippen MR) is 12.6 cm³/mol. The second-order valence-corrected chi connectivity index (χ2v) is 1.34. The Morgan fingerprint density at radius 3 is 1.14 bits per heavy atom. The third-order valence-electron chi connectivity index (χ3n) is 0. The van der Waals surface area contributed by atoms with Crippen LogP contribution >= 0.6 is 7.82 Å². The van der Waals surface area contributed by atoms with Gasteiger partial charge in [-0.25, -0.2) is 0 Å². The van der Waals surface area contributed by atoms with E-state index in [4.69, 9.17) is 19.2 Å². The van der Waals surface area contributed by atoms with Crippen LogP contribution in [-0.2, 0) is 21.3 Å². The van der Waals surface area contributed by atoms with Crippen molar-refractivity contribution < 1.29 is 36.0 Å². The molecule has 0 bridgehead atoms. The summed E-state index contributed by atoms with van der Waals surface area (Å²) in [5, 5.41) is 0. The van der Waals surface area contributed by atoms with E-state index in [1.54, 1.807) is 0 Å². The second kappa shape index (κ2) is 4.73. The average Bonchev–Trinajstić information content (AvgIpc) is 0.722. The maximum absolute atomic E-state index is 8.55. The number of hydrogen-bond acceptors (Lipinski definition) is 5. The Balaban J connectivity index is -0.0000000800. The zero-order chi connectivity index (χ0) is 4.50. The summed E-state index contributed by atoms with van der Waals surface area (Å²) in [5.41, 5.74) is 0. The van der Waals surface area contributed by atoms with E-state index in [0.29, 0.717) is 0 Å². The summed E-state index contributed by atoms with van der Waals surface area (Å²) in [6, 6.07) is 0. The van der Waals surface area contributed by atoms with E-state index in [-0.39, 0.29) is 22.9 Å². The van der Waals surface area contributed by atoms with Gasteiger partial charge in [0.2, 0.25) is 0 Å². The maximum Gasteiger partial charge on any atom is 3.00 e. The Hall–Kier alpha value is 0.576. The minimum absolute atomic E-state index is 0. The van der Waals surface area contributed by atoms with Gasteiger partial charge >= 0.3 is 16.8 Å². The normalized spacial score (nSPS) is 8.43. The van der Waals surface area contributed by atoms with Crippen molar-refractivity contribution in [2.24, 2.45) is 0 Å². The molecule has 0 aromatic carbocycles. The van der Waals surface area contributed by atoms with E-state index < -0.39 is 7.82 Å². The first-order valence-electron chi connectivity index (χ1n) is 0.730. The van der Waals surface area contributed by atoms with Gasteiger partial charge in [0, 0.05) is 0 Å². The van der Waals surface area contributed by atoms with E-state index in [1.165, 1.54) is 0 Å². The third kappa shape index (κ3) is 414. The first kappa shape index (κ1) is 15.6. The van der Waals surface area contributed by atoms with Crippen LogP contribution in [0.25, 0.3) is 0 Å². The van der Waals surface area contributed by atoms with Gasteiger partial charge in [-0.2, -0.15) is 7.82 Å².